The Morgan fingerprint density at radius 1 is 1.37 bits per heavy atom. The monoisotopic (exact) mass is 262 g/mol. The highest BCUT2D eigenvalue weighted by molar-refractivity contribution is 5.99. The van der Waals surface area contributed by atoms with Crippen LogP contribution < -0.4 is 0 Å². The van der Waals surface area contributed by atoms with E-state index in [1.165, 1.54) is 0 Å². The topological polar surface area (TPSA) is 52.0 Å². The van der Waals surface area contributed by atoms with Crippen molar-refractivity contribution in [3.05, 3.63) is 18.2 Å². The summed E-state index contributed by atoms with van der Waals surface area (Å²) in [7, 11) is 1.81. The molecule has 4 heteroatoms. The number of aromatic nitrogens is 2. The van der Waals surface area contributed by atoms with E-state index in [0.29, 0.717) is 5.82 Å². The van der Waals surface area contributed by atoms with Crippen molar-refractivity contribution >= 4 is 11.6 Å². The number of aryl methyl sites for hydroxylation is 1. The first-order valence-electron chi connectivity index (χ1n) is 6.75. The predicted octanol–water partition coefficient (Wildman–Crippen LogP) is 2.49. The maximum absolute atomic E-state index is 12.6. The summed E-state index contributed by atoms with van der Waals surface area (Å²) < 4.78 is 1.73. The van der Waals surface area contributed by atoms with Crippen LogP contribution in [0.1, 0.15) is 44.7 Å². The van der Waals surface area contributed by atoms with E-state index in [9.17, 15) is 9.59 Å². The molecule has 4 nitrogen and oxygen atoms in total. The quantitative estimate of drug-likeness (QED) is 0.786. The molecular formula is C15H22N2O2. The van der Waals surface area contributed by atoms with Crippen LogP contribution in [0.3, 0.4) is 0 Å². The molecule has 1 aromatic rings. The summed E-state index contributed by atoms with van der Waals surface area (Å²) in [6.45, 7) is 7.98. The molecule has 1 fully saturated rings. The number of hydrogen-bond donors (Lipinski definition) is 0. The fourth-order valence-electron chi connectivity index (χ4n) is 3.08. The third kappa shape index (κ3) is 2.36. The molecule has 1 aliphatic rings. The van der Waals surface area contributed by atoms with Gasteiger partial charge >= 0.3 is 0 Å². The average Bonchev–Trinajstić information content (AvgIpc) is 2.59. The third-order valence-electron chi connectivity index (χ3n) is 4.35. The van der Waals surface area contributed by atoms with E-state index in [2.05, 4.69) is 25.8 Å². The van der Waals surface area contributed by atoms with Gasteiger partial charge in [0, 0.05) is 31.3 Å². The van der Waals surface area contributed by atoms with Gasteiger partial charge in [0.15, 0.2) is 5.82 Å². The third-order valence-corrected chi connectivity index (χ3v) is 4.35. The largest absolute Gasteiger partial charge is 0.332 e. The summed E-state index contributed by atoms with van der Waals surface area (Å²) in [4.78, 5) is 28.5. The van der Waals surface area contributed by atoms with Crippen LogP contribution >= 0.6 is 0 Å². The predicted molar refractivity (Wildman–Crippen MR) is 72.8 cm³/mol. The second-order valence-electron chi connectivity index (χ2n) is 6.68. The van der Waals surface area contributed by atoms with Gasteiger partial charge in [0.1, 0.15) is 5.78 Å². The Hall–Kier alpha value is -1.45. The van der Waals surface area contributed by atoms with Crippen LogP contribution in [0.5, 0.6) is 0 Å². The van der Waals surface area contributed by atoms with Gasteiger partial charge in [0.05, 0.1) is 0 Å². The Bertz CT molecular complexity index is 510. The summed E-state index contributed by atoms with van der Waals surface area (Å²) >= 11 is 0. The van der Waals surface area contributed by atoms with Crippen LogP contribution in [0.2, 0.25) is 0 Å². The first-order valence-corrected chi connectivity index (χ1v) is 6.75. The van der Waals surface area contributed by atoms with Crippen molar-refractivity contribution in [3.63, 3.8) is 0 Å². The average molecular weight is 262 g/mol. The molecule has 0 aromatic carbocycles. The molecule has 0 N–H and O–H groups in total. The van der Waals surface area contributed by atoms with Crippen LogP contribution in [0, 0.1) is 23.2 Å². The van der Waals surface area contributed by atoms with Gasteiger partial charge in [-0.1, -0.05) is 20.8 Å². The number of Topliss-reactive ketones (excluding diaryl/α,β-unsaturated/α-hetero) is 2. The zero-order chi connectivity index (χ0) is 14.4. The van der Waals surface area contributed by atoms with Crippen LogP contribution in [0.25, 0.3) is 0 Å². The summed E-state index contributed by atoms with van der Waals surface area (Å²) in [6.07, 6.45) is 4.21. The summed E-state index contributed by atoms with van der Waals surface area (Å²) in [5.74, 6) is 0.509. The molecule has 1 saturated carbocycles. The zero-order valence-corrected chi connectivity index (χ0v) is 12.3. The molecule has 1 aliphatic carbocycles. The van der Waals surface area contributed by atoms with Crippen molar-refractivity contribution in [1.82, 2.24) is 9.55 Å². The molecular weight excluding hydrogens is 240 g/mol. The number of nitrogens with zero attached hydrogens (tertiary/aromatic N) is 2. The van der Waals surface area contributed by atoms with Gasteiger partial charge in [0.2, 0.25) is 5.78 Å². The lowest BCUT2D eigenvalue weighted by Gasteiger charge is -2.49. The molecule has 2 rings (SSSR count). The molecule has 3 atom stereocenters. The van der Waals surface area contributed by atoms with E-state index in [-0.39, 0.29) is 34.7 Å². The fourth-order valence-corrected chi connectivity index (χ4v) is 3.08. The molecule has 104 valence electrons. The summed E-state index contributed by atoms with van der Waals surface area (Å²) in [5, 5.41) is 0. The molecule has 0 radical (unpaired) electrons. The number of hydrogen-bond acceptors (Lipinski definition) is 3. The van der Waals surface area contributed by atoms with Crippen LogP contribution in [-0.2, 0) is 11.8 Å². The van der Waals surface area contributed by atoms with E-state index < -0.39 is 0 Å². The zero-order valence-electron chi connectivity index (χ0n) is 12.3. The SMILES string of the molecule is CC(=O)[C@H]1C[C@@H](C(C)(C)C)[C@@H]1C(=O)c1nccn1C. The van der Waals surface area contributed by atoms with Gasteiger partial charge in [-0.05, 0) is 24.7 Å². The Labute approximate surface area is 114 Å². The van der Waals surface area contributed by atoms with Gasteiger partial charge < -0.3 is 4.57 Å². The first kappa shape index (κ1) is 14.0. The van der Waals surface area contributed by atoms with Gasteiger partial charge in [-0.15, -0.1) is 0 Å². The second kappa shape index (κ2) is 4.58. The molecule has 0 amide bonds. The minimum absolute atomic E-state index is 0.0128. The van der Waals surface area contributed by atoms with Gasteiger partial charge in [-0.2, -0.15) is 0 Å². The van der Waals surface area contributed by atoms with E-state index in [1.54, 1.807) is 23.9 Å². The number of ketones is 2. The molecule has 19 heavy (non-hydrogen) atoms. The Kier molecular flexibility index (Phi) is 3.37. The van der Waals surface area contributed by atoms with E-state index in [4.69, 9.17) is 0 Å². The minimum atomic E-state index is -0.210. The van der Waals surface area contributed by atoms with Gasteiger partial charge in [0.25, 0.3) is 0 Å². The Morgan fingerprint density at radius 3 is 2.42 bits per heavy atom. The molecule has 1 aromatic heterocycles. The van der Waals surface area contributed by atoms with Crippen molar-refractivity contribution in [2.45, 2.75) is 34.1 Å². The maximum Gasteiger partial charge on any atom is 0.202 e. The van der Waals surface area contributed by atoms with Crippen molar-refractivity contribution < 1.29 is 9.59 Å². The normalized spacial score (nSPS) is 26.9. The van der Waals surface area contributed by atoms with E-state index in [0.717, 1.165) is 6.42 Å². The number of rotatable bonds is 3. The first-order chi connectivity index (χ1) is 8.73. The number of carbonyl (C=O) groups excluding carboxylic acids is 2. The van der Waals surface area contributed by atoms with Gasteiger partial charge in [-0.3, -0.25) is 9.59 Å². The maximum atomic E-state index is 12.6. The Morgan fingerprint density at radius 2 is 2.00 bits per heavy atom. The van der Waals surface area contributed by atoms with Crippen molar-refractivity contribution in [1.29, 1.82) is 0 Å². The Balaban J connectivity index is 2.30. The van der Waals surface area contributed by atoms with Crippen molar-refractivity contribution in [2.75, 3.05) is 0 Å². The van der Waals surface area contributed by atoms with Crippen molar-refractivity contribution in [3.8, 4) is 0 Å². The molecule has 0 aliphatic heterocycles. The fraction of sp³-hybridized carbons (Fsp3) is 0.667. The summed E-state index contributed by atoms with van der Waals surface area (Å²) in [5.41, 5.74) is 0.0391. The molecule has 0 spiro atoms. The number of carbonyl (C=O) groups is 2. The summed E-state index contributed by atoms with van der Waals surface area (Å²) in [6, 6.07) is 0. The van der Waals surface area contributed by atoms with E-state index in [1.807, 2.05) is 7.05 Å². The van der Waals surface area contributed by atoms with E-state index >= 15 is 0 Å². The molecule has 0 unspecified atom stereocenters. The lowest BCUT2D eigenvalue weighted by atomic mass is 9.53. The molecule has 0 bridgehead atoms. The van der Waals surface area contributed by atoms with Gasteiger partial charge in [-0.25, -0.2) is 4.98 Å². The number of imidazole rings is 1. The lowest BCUT2D eigenvalue weighted by Crippen LogP contribution is -2.51. The van der Waals surface area contributed by atoms with Crippen LogP contribution in [0.15, 0.2) is 12.4 Å². The second-order valence-corrected chi connectivity index (χ2v) is 6.68. The molecule has 0 saturated heterocycles. The van der Waals surface area contributed by atoms with Crippen LogP contribution in [-0.4, -0.2) is 21.1 Å². The van der Waals surface area contributed by atoms with Crippen molar-refractivity contribution in [2.24, 2.45) is 30.2 Å². The lowest BCUT2D eigenvalue weighted by molar-refractivity contribution is -0.130. The minimum Gasteiger partial charge on any atom is -0.332 e. The smallest absolute Gasteiger partial charge is 0.202 e. The highest BCUT2D eigenvalue weighted by atomic mass is 16.1. The van der Waals surface area contributed by atoms with Crippen LogP contribution in [0.4, 0.5) is 0 Å². The highest BCUT2D eigenvalue weighted by Gasteiger charge is 2.52. The molecule has 1 heterocycles. The standard InChI is InChI=1S/C15H22N2O2/c1-9(18)10-8-11(15(2,3)4)12(10)13(19)14-16-6-7-17(14)5/h6-7,10-12H,8H2,1-5H3/t10-,11-,12-/m1/s1. The highest BCUT2D eigenvalue weighted by Crippen LogP contribution is 2.51.